The van der Waals surface area contributed by atoms with Crippen LogP contribution in [-0.4, -0.2) is 48.1 Å². The number of anilines is 1. The van der Waals surface area contributed by atoms with Gasteiger partial charge in [0.2, 0.25) is 5.95 Å². The van der Waals surface area contributed by atoms with Crippen LogP contribution in [-0.2, 0) is 6.42 Å². The van der Waals surface area contributed by atoms with Gasteiger partial charge in [-0.25, -0.2) is 4.98 Å². The Balaban J connectivity index is 2.17. The number of hydrogen-bond donors (Lipinski definition) is 1. The average molecular weight is 252 g/mol. The van der Waals surface area contributed by atoms with Crippen LogP contribution in [0.1, 0.15) is 19.0 Å². The number of aryl methyl sites for hydroxylation is 1. The van der Waals surface area contributed by atoms with Crippen molar-refractivity contribution >= 4 is 18.2 Å². The number of nitrogens with zero attached hydrogens (tertiary/aromatic N) is 3. The van der Waals surface area contributed by atoms with Crippen molar-refractivity contribution in [1.29, 1.82) is 0 Å². The first-order chi connectivity index (χ1) is 8.19. The number of nitrogens with one attached hydrogen (secondary N) is 1. The SMILES string of the molecule is CCCc1cc(=S)nc(N2CCN(C)CC2)[nH]1. The van der Waals surface area contributed by atoms with Crippen LogP contribution in [0.3, 0.4) is 0 Å². The molecule has 2 rings (SSSR count). The molecule has 4 nitrogen and oxygen atoms in total. The molecule has 0 atom stereocenters. The summed E-state index contributed by atoms with van der Waals surface area (Å²) in [6, 6.07) is 1.97. The van der Waals surface area contributed by atoms with Crippen LogP contribution in [0, 0.1) is 4.64 Å². The van der Waals surface area contributed by atoms with E-state index >= 15 is 0 Å². The summed E-state index contributed by atoms with van der Waals surface area (Å²) in [5, 5.41) is 0. The standard InChI is InChI=1S/C12H20N4S/c1-3-4-10-9-11(17)14-12(13-10)16-7-5-15(2)6-8-16/h9H,3-8H2,1-2H3,(H,13,14,17). The van der Waals surface area contributed by atoms with Gasteiger partial charge in [0.25, 0.3) is 0 Å². The topological polar surface area (TPSA) is 35.2 Å². The van der Waals surface area contributed by atoms with E-state index in [2.05, 4.69) is 33.7 Å². The van der Waals surface area contributed by atoms with Crippen molar-refractivity contribution in [1.82, 2.24) is 14.9 Å². The number of aromatic nitrogens is 2. The third-order valence-electron chi connectivity index (χ3n) is 3.11. The zero-order chi connectivity index (χ0) is 12.3. The largest absolute Gasteiger partial charge is 0.340 e. The smallest absolute Gasteiger partial charge is 0.204 e. The summed E-state index contributed by atoms with van der Waals surface area (Å²) in [7, 11) is 2.15. The summed E-state index contributed by atoms with van der Waals surface area (Å²) in [5.74, 6) is 0.939. The second kappa shape index (κ2) is 5.60. The van der Waals surface area contributed by atoms with E-state index in [1.807, 2.05) is 6.07 Å². The van der Waals surface area contributed by atoms with E-state index in [-0.39, 0.29) is 0 Å². The van der Waals surface area contributed by atoms with Crippen LogP contribution in [0.5, 0.6) is 0 Å². The molecule has 1 saturated heterocycles. The van der Waals surface area contributed by atoms with Gasteiger partial charge in [-0.05, 0) is 19.5 Å². The predicted molar refractivity (Wildman–Crippen MR) is 73.1 cm³/mol. The lowest BCUT2D eigenvalue weighted by Gasteiger charge is -2.32. The highest BCUT2D eigenvalue weighted by Gasteiger charge is 2.15. The first-order valence-electron chi connectivity index (χ1n) is 6.23. The number of rotatable bonds is 3. The number of hydrogen-bond acceptors (Lipinski definition) is 4. The summed E-state index contributed by atoms with van der Waals surface area (Å²) in [5.41, 5.74) is 1.20. The monoisotopic (exact) mass is 252 g/mol. The van der Waals surface area contributed by atoms with E-state index < -0.39 is 0 Å². The van der Waals surface area contributed by atoms with Gasteiger partial charge < -0.3 is 14.8 Å². The molecule has 1 aliphatic rings. The fourth-order valence-electron chi connectivity index (χ4n) is 2.07. The quantitative estimate of drug-likeness (QED) is 0.833. The summed E-state index contributed by atoms with van der Waals surface area (Å²) < 4.78 is 0.695. The van der Waals surface area contributed by atoms with Gasteiger partial charge in [-0.1, -0.05) is 25.6 Å². The predicted octanol–water partition coefficient (Wildman–Crippen LogP) is 1.84. The maximum absolute atomic E-state index is 5.23. The van der Waals surface area contributed by atoms with Gasteiger partial charge in [0.05, 0.1) is 0 Å². The maximum atomic E-state index is 5.23. The molecule has 2 heterocycles. The van der Waals surface area contributed by atoms with Crippen LogP contribution in [0.15, 0.2) is 6.07 Å². The van der Waals surface area contributed by atoms with Gasteiger partial charge in [0, 0.05) is 31.9 Å². The molecule has 0 unspecified atom stereocenters. The molecule has 1 aromatic heterocycles. The van der Waals surface area contributed by atoms with Crippen molar-refractivity contribution in [2.24, 2.45) is 0 Å². The molecule has 0 radical (unpaired) electrons. The molecule has 0 aliphatic carbocycles. The molecule has 1 aliphatic heterocycles. The van der Waals surface area contributed by atoms with Crippen LogP contribution >= 0.6 is 12.2 Å². The lowest BCUT2D eigenvalue weighted by atomic mass is 10.2. The fraction of sp³-hybridized carbons (Fsp3) is 0.667. The molecule has 17 heavy (non-hydrogen) atoms. The molecule has 94 valence electrons. The van der Waals surface area contributed by atoms with Gasteiger partial charge in [0.1, 0.15) is 4.64 Å². The van der Waals surface area contributed by atoms with Crippen LogP contribution in [0.25, 0.3) is 0 Å². The highest BCUT2D eigenvalue weighted by atomic mass is 32.1. The molecule has 0 saturated carbocycles. The average Bonchev–Trinajstić information content (AvgIpc) is 2.29. The van der Waals surface area contributed by atoms with E-state index in [0.717, 1.165) is 45.0 Å². The molecule has 0 aromatic carbocycles. The molecule has 0 spiro atoms. The Labute approximate surface area is 108 Å². The zero-order valence-corrected chi connectivity index (χ0v) is 11.4. The minimum Gasteiger partial charge on any atom is -0.340 e. The molecule has 0 bridgehead atoms. The Morgan fingerprint density at radius 2 is 2.06 bits per heavy atom. The van der Waals surface area contributed by atoms with Gasteiger partial charge in [-0.3, -0.25) is 0 Å². The van der Waals surface area contributed by atoms with Crippen molar-refractivity contribution in [3.8, 4) is 0 Å². The lowest BCUT2D eigenvalue weighted by Crippen LogP contribution is -2.45. The van der Waals surface area contributed by atoms with Crippen LogP contribution < -0.4 is 4.90 Å². The Morgan fingerprint density at radius 1 is 1.35 bits per heavy atom. The van der Waals surface area contributed by atoms with Crippen molar-refractivity contribution in [3.05, 3.63) is 16.4 Å². The van der Waals surface area contributed by atoms with Crippen molar-refractivity contribution in [2.45, 2.75) is 19.8 Å². The third kappa shape index (κ3) is 3.26. The van der Waals surface area contributed by atoms with E-state index in [9.17, 15) is 0 Å². The van der Waals surface area contributed by atoms with Crippen molar-refractivity contribution in [3.63, 3.8) is 0 Å². The number of aromatic amines is 1. The minimum atomic E-state index is 0.695. The molecule has 0 amide bonds. The van der Waals surface area contributed by atoms with E-state index in [4.69, 9.17) is 12.2 Å². The second-order valence-electron chi connectivity index (χ2n) is 4.61. The normalized spacial score (nSPS) is 17.4. The third-order valence-corrected chi connectivity index (χ3v) is 3.32. The van der Waals surface area contributed by atoms with Gasteiger partial charge >= 0.3 is 0 Å². The molecule has 1 aromatic rings. The summed E-state index contributed by atoms with van der Waals surface area (Å²) in [6.07, 6.45) is 2.16. The molecular weight excluding hydrogens is 232 g/mol. The summed E-state index contributed by atoms with van der Waals surface area (Å²) in [4.78, 5) is 12.5. The zero-order valence-electron chi connectivity index (χ0n) is 10.6. The molecular formula is C12H20N4S. The maximum Gasteiger partial charge on any atom is 0.204 e. The van der Waals surface area contributed by atoms with Gasteiger partial charge in [-0.15, -0.1) is 0 Å². The van der Waals surface area contributed by atoms with Crippen LogP contribution in [0.2, 0.25) is 0 Å². The van der Waals surface area contributed by atoms with E-state index in [1.165, 1.54) is 5.69 Å². The van der Waals surface area contributed by atoms with E-state index in [0.29, 0.717) is 4.64 Å². The van der Waals surface area contributed by atoms with Gasteiger partial charge in [-0.2, -0.15) is 0 Å². The number of likely N-dealkylation sites (N-methyl/N-ethyl adjacent to an activating group) is 1. The Morgan fingerprint density at radius 3 is 2.71 bits per heavy atom. The second-order valence-corrected chi connectivity index (χ2v) is 5.03. The van der Waals surface area contributed by atoms with Crippen molar-refractivity contribution < 1.29 is 0 Å². The molecule has 5 heteroatoms. The van der Waals surface area contributed by atoms with Crippen LogP contribution in [0.4, 0.5) is 5.95 Å². The first-order valence-corrected chi connectivity index (χ1v) is 6.63. The lowest BCUT2D eigenvalue weighted by molar-refractivity contribution is 0.311. The molecule has 1 N–H and O–H groups in total. The highest BCUT2D eigenvalue weighted by Crippen LogP contribution is 2.12. The summed E-state index contributed by atoms with van der Waals surface area (Å²) >= 11 is 5.23. The Hall–Kier alpha value is -0.940. The minimum absolute atomic E-state index is 0.695. The Bertz CT molecular complexity index is 421. The van der Waals surface area contributed by atoms with Crippen molar-refractivity contribution in [2.75, 3.05) is 38.1 Å². The number of H-pyrrole nitrogens is 1. The Kier molecular flexibility index (Phi) is 4.12. The fourth-order valence-corrected chi connectivity index (χ4v) is 2.29. The van der Waals surface area contributed by atoms with E-state index in [1.54, 1.807) is 0 Å². The summed E-state index contributed by atoms with van der Waals surface area (Å²) in [6.45, 7) is 6.38. The number of piperazine rings is 1. The highest BCUT2D eigenvalue weighted by molar-refractivity contribution is 7.71. The van der Waals surface area contributed by atoms with Gasteiger partial charge in [0.15, 0.2) is 0 Å². The first kappa shape index (κ1) is 12.5. The molecule has 1 fully saturated rings.